The first kappa shape index (κ1) is 22.9. The zero-order valence-corrected chi connectivity index (χ0v) is 16.9. The molecule has 2 aromatic heterocycles. The molecule has 0 aliphatic rings. The molecule has 0 aromatic carbocycles. The smallest absolute Gasteiger partial charge is 0.251 e. The zero-order valence-electron chi connectivity index (χ0n) is 13.7. The summed E-state index contributed by atoms with van der Waals surface area (Å²) in [5.41, 5.74) is 1.49. The zero-order chi connectivity index (χ0) is 16.5. The molecule has 0 atom stereocenters. The van der Waals surface area contributed by atoms with Gasteiger partial charge in [0.25, 0.3) is 5.91 Å². The Morgan fingerprint density at radius 3 is 1.96 bits per heavy atom. The van der Waals surface area contributed by atoms with Crippen LogP contribution in [0.25, 0.3) is 0 Å². The van der Waals surface area contributed by atoms with E-state index in [9.17, 15) is 4.79 Å². The monoisotopic (exact) mass is 470 g/mol. The van der Waals surface area contributed by atoms with Gasteiger partial charge in [0.1, 0.15) is 0 Å². The summed E-state index contributed by atoms with van der Waals surface area (Å²) in [6.07, 6.45) is 13.1. The number of carbonyl (C=O) groups excluding carboxylic acids is 1. The van der Waals surface area contributed by atoms with E-state index in [1.807, 2.05) is 46.1 Å². The van der Waals surface area contributed by atoms with Gasteiger partial charge in [-0.15, -0.1) is 0 Å². The van der Waals surface area contributed by atoms with Gasteiger partial charge in [-0.05, 0) is 12.2 Å². The molecular weight excluding hydrogens is 452 g/mol. The molecule has 0 unspecified atom stereocenters. The molecule has 8 heteroatoms. The fourth-order valence-electron chi connectivity index (χ4n) is 2.01. The van der Waals surface area contributed by atoms with Crippen molar-refractivity contribution in [1.82, 2.24) is 5.32 Å². The molecular formula is C17H20Br2N4O2. The molecule has 0 spiro atoms. The number of oxime groups is 1. The predicted molar refractivity (Wildman–Crippen MR) is 85.2 cm³/mol. The molecule has 2 heterocycles. The van der Waals surface area contributed by atoms with E-state index in [2.05, 4.69) is 22.6 Å². The number of carbonyl (C=O) groups is 1. The number of halogens is 2. The first-order valence-corrected chi connectivity index (χ1v) is 7.25. The van der Waals surface area contributed by atoms with Crippen LogP contribution in [0.15, 0.2) is 66.4 Å². The minimum atomic E-state index is -0.0845. The van der Waals surface area contributed by atoms with Crippen molar-refractivity contribution in [1.29, 1.82) is 0 Å². The van der Waals surface area contributed by atoms with Crippen molar-refractivity contribution in [2.75, 3.05) is 7.05 Å². The molecule has 0 radical (unpaired) electrons. The first-order valence-electron chi connectivity index (χ1n) is 7.25. The second-order valence-corrected chi connectivity index (χ2v) is 4.91. The van der Waals surface area contributed by atoms with Gasteiger partial charge in [-0.25, -0.2) is 9.13 Å². The molecule has 0 aliphatic heterocycles. The van der Waals surface area contributed by atoms with Crippen LogP contribution in [0.2, 0.25) is 0 Å². The van der Waals surface area contributed by atoms with Crippen LogP contribution in [0, 0.1) is 0 Å². The number of nitrogens with one attached hydrogen (secondary N) is 1. The van der Waals surface area contributed by atoms with Crippen molar-refractivity contribution >= 4 is 12.1 Å². The van der Waals surface area contributed by atoms with Gasteiger partial charge >= 0.3 is 0 Å². The van der Waals surface area contributed by atoms with E-state index in [0.717, 1.165) is 18.7 Å². The molecule has 0 saturated heterocycles. The average molecular weight is 472 g/mol. The van der Waals surface area contributed by atoms with Crippen LogP contribution < -0.4 is 48.4 Å². The maximum atomic E-state index is 11.4. The Hall–Kier alpha value is -2.06. The lowest BCUT2D eigenvalue weighted by atomic mass is 10.2. The summed E-state index contributed by atoms with van der Waals surface area (Å²) in [5.74, 6) is -0.0845. The van der Waals surface area contributed by atoms with Gasteiger partial charge in [0.05, 0.1) is 11.8 Å². The SMILES string of the molecule is CNC(=O)c1cc[n+](C/C=C/C[n+]2ccc(/C=N/O)cc2)cc1.[Br-].[Br-]. The van der Waals surface area contributed by atoms with Gasteiger partial charge in [-0.1, -0.05) is 5.16 Å². The molecule has 0 bridgehead atoms. The molecule has 0 saturated carbocycles. The third-order valence-corrected chi connectivity index (χ3v) is 3.30. The van der Waals surface area contributed by atoms with Gasteiger partial charge in [0.15, 0.2) is 37.9 Å². The Balaban J connectivity index is 0.00000288. The van der Waals surface area contributed by atoms with Crippen molar-refractivity contribution in [3.05, 3.63) is 72.3 Å². The molecule has 6 nitrogen and oxygen atoms in total. The second-order valence-electron chi connectivity index (χ2n) is 4.91. The summed E-state index contributed by atoms with van der Waals surface area (Å²) >= 11 is 0. The quantitative estimate of drug-likeness (QED) is 0.145. The normalized spacial score (nSPS) is 10.3. The summed E-state index contributed by atoms with van der Waals surface area (Å²) in [5, 5.41) is 14.0. The Morgan fingerprint density at radius 2 is 1.52 bits per heavy atom. The minimum absolute atomic E-state index is 0. The van der Waals surface area contributed by atoms with Crippen LogP contribution in [0.4, 0.5) is 0 Å². The number of hydrogen-bond acceptors (Lipinski definition) is 3. The Bertz CT molecular complexity index is 702. The molecule has 1 amide bonds. The summed E-state index contributed by atoms with van der Waals surface area (Å²) < 4.78 is 4.01. The highest BCUT2D eigenvalue weighted by Gasteiger charge is 2.05. The minimum Gasteiger partial charge on any atom is -1.00 e. The van der Waals surface area contributed by atoms with E-state index in [4.69, 9.17) is 5.21 Å². The highest BCUT2D eigenvalue weighted by atomic mass is 79.9. The Kier molecular flexibility index (Phi) is 11.3. The lowest BCUT2D eigenvalue weighted by Crippen LogP contribution is -3.00. The van der Waals surface area contributed by atoms with Gasteiger partial charge in [0, 0.05) is 36.9 Å². The van der Waals surface area contributed by atoms with Crippen LogP contribution in [-0.2, 0) is 13.1 Å². The molecule has 2 rings (SSSR count). The summed E-state index contributed by atoms with van der Waals surface area (Å²) in [7, 11) is 1.62. The van der Waals surface area contributed by atoms with Crippen LogP contribution >= 0.6 is 0 Å². The summed E-state index contributed by atoms with van der Waals surface area (Å²) in [4.78, 5) is 11.4. The highest BCUT2D eigenvalue weighted by molar-refractivity contribution is 5.93. The average Bonchev–Trinajstić information content (AvgIpc) is 2.60. The van der Waals surface area contributed by atoms with E-state index in [0.29, 0.717) is 5.56 Å². The molecule has 2 N–H and O–H groups in total. The van der Waals surface area contributed by atoms with Gasteiger partial charge < -0.3 is 44.5 Å². The molecule has 0 aliphatic carbocycles. The van der Waals surface area contributed by atoms with Crippen LogP contribution in [-0.4, -0.2) is 24.4 Å². The number of allylic oxidation sites excluding steroid dienone is 2. The fourth-order valence-corrected chi connectivity index (χ4v) is 2.01. The number of amides is 1. The molecule has 0 fully saturated rings. The van der Waals surface area contributed by atoms with E-state index in [1.165, 1.54) is 6.21 Å². The predicted octanol–water partition coefficient (Wildman–Crippen LogP) is -5.31. The first-order chi connectivity index (χ1) is 11.2. The van der Waals surface area contributed by atoms with Crippen LogP contribution in [0.3, 0.4) is 0 Å². The van der Waals surface area contributed by atoms with Gasteiger partial charge in [0.2, 0.25) is 0 Å². The number of pyridine rings is 2. The van der Waals surface area contributed by atoms with Gasteiger partial charge in [-0.3, -0.25) is 4.79 Å². The van der Waals surface area contributed by atoms with E-state index < -0.39 is 0 Å². The topological polar surface area (TPSA) is 69.5 Å². The van der Waals surface area contributed by atoms with Crippen molar-refractivity contribution in [2.24, 2.45) is 5.16 Å². The third-order valence-electron chi connectivity index (χ3n) is 3.30. The number of nitrogens with zero attached hydrogens (tertiary/aromatic N) is 3. The van der Waals surface area contributed by atoms with E-state index in [-0.39, 0.29) is 39.9 Å². The lowest BCUT2D eigenvalue weighted by molar-refractivity contribution is -0.691. The Labute approximate surface area is 168 Å². The molecule has 25 heavy (non-hydrogen) atoms. The number of rotatable bonds is 6. The maximum absolute atomic E-state index is 11.4. The highest BCUT2D eigenvalue weighted by Crippen LogP contribution is 1.94. The van der Waals surface area contributed by atoms with Crippen molar-refractivity contribution in [3.63, 3.8) is 0 Å². The van der Waals surface area contributed by atoms with Crippen molar-refractivity contribution in [3.8, 4) is 0 Å². The summed E-state index contributed by atoms with van der Waals surface area (Å²) in [6, 6.07) is 7.34. The summed E-state index contributed by atoms with van der Waals surface area (Å²) in [6.45, 7) is 1.50. The molecule has 134 valence electrons. The van der Waals surface area contributed by atoms with Gasteiger partial charge in [-0.2, -0.15) is 0 Å². The standard InChI is InChI=1S/C17H18N4O2.2BrH/c1-18-17(22)16-6-12-21(13-7-16)9-3-2-8-20-10-4-15(5-11-20)14-19-23;;/h2-7,10-14H,8-9H2,1H3;2*1H/b3-2+;;. The van der Waals surface area contributed by atoms with Crippen molar-refractivity contribution < 1.29 is 53.1 Å². The van der Waals surface area contributed by atoms with Crippen LogP contribution in [0.5, 0.6) is 0 Å². The number of aromatic nitrogens is 2. The maximum Gasteiger partial charge on any atom is 0.251 e. The Morgan fingerprint density at radius 1 is 1.04 bits per heavy atom. The van der Waals surface area contributed by atoms with E-state index >= 15 is 0 Å². The third kappa shape index (κ3) is 7.57. The van der Waals surface area contributed by atoms with Crippen LogP contribution in [0.1, 0.15) is 15.9 Å². The fraction of sp³-hybridized carbons (Fsp3) is 0.176. The largest absolute Gasteiger partial charge is 1.00 e. The number of hydrogen-bond donors (Lipinski definition) is 2. The lowest BCUT2D eigenvalue weighted by Gasteiger charge is -1.97. The molecule has 2 aromatic rings. The van der Waals surface area contributed by atoms with E-state index in [1.54, 1.807) is 19.2 Å². The van der Waals surface area contributed by atoms with Crippen molar-refractivity contribution in [2.45, 2.75) is 13.1 Å². The second kappa shape index (κ2) is 12.3.